The summed E-state index contributed by atoms with van der Waals surface area (Å²) in [6, 6.07) is 7.90. The number of alkyl halides is 3. The summed E-state index contributed by atoms with van der Waals surface area (Å²) in [5, 5.41) is 12.1. The van der Waals surface area contributed by atoms with E-state index < -0.39 is 23.3 Å². The number of aromatic nitrogens is 4. The second kappa shape index (κ2) is 8.62. The van der Waals surface area contributed by atoms with Crippen molar-refractivity contribution in [2.75, 3.05) is 26.2 Å². The first-order chi connectivity index (χ1) is 15.6. The van der Waals surface area contributed by atoms with E-state index in [1.165, 1.54) is 12.3 Å². The van der Waals surface area contributed by atoms with Gasteiger partial charge in [-0.2, -0.15) is 13.2 Å². The molecule has 11 heteroatoms. The highest BCUT2D eigenvalue weighted by atomic mass is 19.4. The molecule has 33 heavy (non-hydrogen) atoms. The van der Waals surface area contributed by atoms with Crippen molar-refractivity contribution in [3.05, 3.63) is 65.4 Å². The maximum absolute atomic E-state index is 13.4. The number of furan rings is 1. The van der Waals surface area contributed by atoms with E-state index in [0.717, 1.165) is 12.1 Å². The van der Waals surface area contributed by atoms with Gasteiger partial charge in [0.25, 0.3) is 5.91 Å². The molecule has 176 valence electrons. The van der Waals surface area contributed by atoms with E-state index in [4.69, 9.17) is 4.42 Å². The highest BCUT2D eigenvalue weighted by Crippen LogP contribution is 2.35. The molecule has 1 fully saturated rings. The standard InChI is InChI=1S/C22H25F3N6O2/c1-21(2,3)31-19(26-27-28-31)18(15-6-4-7-16(14-15)22(23,24)25)29-9-11-30(12-10-29)20(32)17-8-5-13-33-17/h4-8,13-14,18H,9-12H2,1-3H3/t18-/m1/s1. The number of tetrazole rings is 1. The van der Waals surface area contributed by atoms with Crippen LogP contribution in [0.4, 0.5) is 13.2 Å². The minimum atomic E-state index is -4.47. The van der Waals surface area contributed by atoms with Gasteiger partial charge >= 0.3 is 6.18 Å². The lowest BCUT2D eigenvalue weighted by molar-refractivity contribution is -0.137. The Balaban J connectivity index is 1.67. The van der Waals surface area contributed by atoms with Crippen LogP contribution < -0.4 is 0 Å². The Morgan fingerprint density at radius 3 is 2.39 bits per heavy atom. The quantitative estimate of drug-likeness (QED) is 0.590. The number of amides is 1. The Morgan fingerprint density at radius 2 is 1.79 bits per heavy atom. The maximum Gasteiger partial charge on any atom is 0.416 e. The van der Waals surface area contributed by atoms with Gasteiger partial charge in [-0.3, -0.25) is 9.69 Å². The summed E-state index contributed by atoms with van der Waals surface area (Å²) >= 11 is 0. The predicted octanol–water partition coefficient (Wildman–Crippen LogP) is 3.59. The second-order valence-corrected chi connectivity index (χ2v) is 8.95. The molecule has 1 atom stereocenters. The second-order valence-electron chi connectivity index (χ2n) is 8.95. The highest BCUT2D eigenvalue weighted by Gasteiger charge is 2.36. The number of halogens is 3. The zero-order chi connectivity index (χ0) is 23.8. The molecule has 0 aliphatic carbocycles. The molecule has 0 unspecified atom stereocenters. The third kappa shape index (κ3) is 4.77. The van der Waals surface area contributed by atoms with Crippen molar-refractivity contribution in [3.8, 4) is 0 Å². The Kier molecular flexibility index (Phi) is 6.00. The van der Waals surface area contributed by atoms with Gasteiger partial charge in [-0.15, -0.1) is 5.10 Å². The zero-order valence-electron chi connectivity index (χ0n) is 18.6. The van der Waals surface area contributed by atoms with Gasteiger partial charge in [-0.25, -0.2) is 4.68 Å². The van der Waals surface area contributed by atoms with Gasteiger partial charge in [0.1, 0.15) is 0 Å². The number of carbonyl (C=O) groups excluding carboxylic acids is 1. The molecule has 0 bridgehead atoms. The van der Waals surface area contributed by atoms with Crippen molar-refractivity contribution < 1.29 is 22.4 Å². The van der Waals surface area contributed by atoms with Crippen molar-refractivity contribution in [1.82, 2.24) is 30.0 Å². The smallest absolute Gasteiger partial charge is 0.416 e. The molecule has 1 saturated heterocycles. The third-order valence-electron chi connectivity index (χ3n) is 5.60. The van der Waals surface area contributed by atoms with Crippen molar-refractivity contribution >= 4 is 5.91 Å². The molecule has 0 spiro atoms. The van der Waals surface area contributed by atoms with Gasteiger partial charge < -0.3 is 9.32 Å². The van der Waals surface area contributed by atoms with E-state index in [0.29, 0.717) is 37.6 Å². The fourth-order valence-corrected chi connectivity index (χ4v) is 3.99. The largest absolute Gasteiger partial charge is 0.459 e. The van der Waals surface area contributed by atoms with Gasteiger partial charge in [0.2, 0.25) is 0 Å². The molecule has 1 amide bonds. The Hall–Kier alpha value is -3.21. The minimum absolute atomic E-state index is 0.213. The normalized spacial score (nSPS) is 16.7. The summed E-state index contributed by atoms with van der Waals surface area (Å²) < 4.78 is 47.2. The van der Waals surface area contributed by atoms with Gasteiger partial charge in [0.15, 0.2) is 11.6 Å². The van der Waals surface area contributed by atoms with Crippen molar-refractivity contribution in [2.45, 2.75) is 38.5 Å². The van der Waals surface area contributed by atoms with E-state index in [-0.39, 0.29) is 11.7 Å². The third-order valence-corrected chi connectivity index (χ3v) is 5.60. The summed E-state index contributed by atoms with van der Waals surface area (Å²) in [6.45, 7) is 7.44. The van der Waals surface area contributed by atoms with Gasteiger partial charge in [0, 0.05) is 26.2 Å². The zero-order valence-corrected chi connectivity index (χ0v) is 18.6. The van der Waals surface area contributed by atoms with Crippen LogP contribution in [0.25, 0.3) is 0 Å². The van der Waals surface area contributed by atoms with Gasteiger partial charge in [-0.05, 0) is 61.0 Å². The molecule has 1 aliphatic rings. The summed E-state index contributed by atoms with van der Waals surface area (Å²) in [6.07, 6.45) is -3.02. The SMILES string of the molecule is CC(C)(C)n1nnnc1[C@@H](c1cccc(C(F)(F)F)c1)N1CCN(C(=O)c2ccco2)CC1. The summed E-state index contributed by atoms with van der Waals surface area (Å²) in [7, 11) is 0. The lowest BCUT2D eigenvalue weighted by Gasteiger charge is -2.39. The molecule has 3 aromatic rings. The molecule has 0 N–H and O–H groups in total. The summed E-state index contributed by atoms with van der Waals surface area (Å²) in [4.78, 5) is 16.3. The molecule has 0 saturated carbocycles. The average molecular weight is 462 g/mol. The van der Waals surface area contributed by atoms with Crippen LogP contribution in [0, 0.1) is 0 Å². The lowest BCUT2D eigenvalue weighted by atomic mass is 9.99. The van der Waals surface area contributed by atoms with Crippen LogP contribution in [0.5, 0.6) is 0 Å². The summed E-state index contributed by atoms with van der Waals surface area (Å²) in [5.41, 5.74) is -0.766. The molecule has 8 nitrogen and oxygen atoms in total. The van der Waals surface area contributed by atoms with Crippen LogP contribution in [0.2, 0.25) is 0 Å². The molecule has 3 heterocycles. The van der Waals surface area contributed by atoms with Crippen LogP contribution in [-0.4, -0.2) is 62.1 Å². The van der Waals surface area contributed by atoms with Crippen LogP contribution in [0.15, 0.2) is 47.1 Å². The van der Waals surface area contributed by atoms with Crippen LogP contribution in [0.3, 0.4) is 0 Å². The number of hydrogen-bond donors (Lipinski definition) is 0. The number of piperazine rings is 1. The van der Waals surface area contributed by atoms with Gasteiger partial charge in [-0.1, -0.05) is 12.1 Å². The van der Waals surface area contributed by atoms with Gasteiger partial charge in [0.05, 0.1) is 23.4 Å². The number of rotatable bonds is 4. The number of benzene rings is 1. The Bertz CT molecular complexity index is 1100. The molecular formula is C22H25F3N6O2. The molecule has 1 aromatic carbocycles. The molecule has 1 aliphatic heterocycles. The van der Waals surface area contributed by atoms with E-state index in [1.54, 1.807) is 27.8 Å². The first kappa shape index (κ1) is 23.0. The monoisotopic (exact) mass is 462 g/mol. The Morgan fingerprint density at radius 1 is 1.06 bits per heavy atom. The first-order valence-corrected chi connectivity index (χ1v) is 10.6. The number of carbonyl (C=O) groups is 1. The Labute approximate surface area is 189 Å². The lowest BCUT2D eigenvalue weighted by Crippen LogP contribution is -2.50. The van der Waals surface area contributed by atoms with Crippen molar-refractivity contribution in [2.24, 2.45) is 0 Å². The fourth-order valence-electron chi connectivity index (χ4n) is 3.99. The topological polar surface area (TPSA) is 80.3 Å². The predicted molar refractivity (Wildman–Crippen MR) is 112 cm³/mol. The molecule has 2 aromatic heterocycles. The molecular weight excluding hydrogens is 437 g/mol. The van der Waals surface area contributed by atoms with E-state index in [9.17, 15) is 18.0 Å². The maximum atomic E-state index is 13.4. The van der Waals surface area contributed by atoms with E-state index in [1.807, 2.05) is 25.7 Å². The summed E-state index contributed by atoms with van der Waals surface area (Å²) in [5.74, 6) is 0.497. The van der Waals surface area contributed by atoms with Crippen LogP contribution >= 0.6 is 0 Å². The number of nitrogens with zero attached hydrogens (tertiary/aromatic N) is 6. The van der Waals surface area contributed by atoms with Crippen molar-refractivity contribution in [3.63, 3.8) is 0 Å². The van der Waals surface area contributed by atoms with Crippen LogP contribution in [0.1, 0.15) is 54.3 Å². The molecule has 0 radical (unpaired) electrons. The van der Waals surface area contributed by atoms with Crippen LogP contribution in [-0.2, 0) is 11.7 Å². The average Bonchev–Trinajstić information content (AvgIpc) is 3.46. The van der Waals surface area contributed by atoms with E-state index in [2.05, 4.69) is 15.5 Å². The molecule has 4 rings (SSSR count). The fraction of sp³-hybridized carbons (Fsp3) is 0.455. The minimum Gasteiger partial charge on any atom is -0.459 e. The highest BCUT2D eigenvalue weighted by molar-refractivity contribution is 5.91. The van der Waals surface area contributed by atoms with Crippen molar-refractivity contribution in [1.29, 1.82) is 0 Å². The van der Waals surface area contributed by atoms with E-state index >= 15 is 0 Å². The first-order valence-electron chi connectivity index (χ1n) is 10.6. The number of hydrogen-bond acceptors (Lipinski definition) is 6.